The molecular weight excluding hydrogens is 497 g/mol. The summed E-state index contributed by atoms with van der Waals surface area (Å²) in [5.74, 6) is 0.954. The van der Waals surface area contributed by atoms with Crippen LogP contribution in [0.2, 0.25) is 5.02 Å². The molecule has 3 N–H and O–H groups in total. The Hall–Kier alpha value is -4.18. The quantitative estimate of drug-likeness (QED) is 0.205. The highest BCUT2D eigenvalue weighted by molar-refractivity contribution is 6.35. The van der Waals surface area contributed by atoms with E-state index in [4.69, 9.17) is 21.1 Å². The third-order valence-corrected chi connectivity index (χ3v) is 5.60. The van der Waals surface area contributed by atoms with E-state index in [9.17, 15) is 18.0 Å². The minimum Gasteiger partial charge on any atom is -0.461 e. The van der Waals surface area contributed by atoms with E-state index >= 15 is 0 Å². The fourth-order valence-corrected chi connectivity index (χ4v) is 3.93. The Morgan fingerprint density at radius 1 is 1.00 bits per heavy atom. The number of rotatable bonds is 6. The molecule has 0 atom stereocenters. The highest BCUT2D eigenvalue weighted by atomic mass is 35.5. The number of halogens is 4. The molecule has 0 amide bonds. The summed E-state index contributed by atoms with van der Waals surface area (Å²) < 4.78 is 50.0. The predicted molar refractivity (Wildman–Crippen MR) is 130 cm³/mol. The van der Waals surface area contributed by atoms with Crippen LogP contribution in [-0.4, -0.2) is 27.5 Å². The molecule has 0 unspecified atom stereocenters. The SMILES string of the molecule is CCOC(=O)c1cc2cc(Oc3ccc(Nc4nc5c(Cl)cc(C(F)(F)F)cc5[nH]4)cc3)ccc2[nH]1. The number of imidazole rings is 1. The van der Waals surface area contributed by atoms with Crippen LogP contribution in [0.4, 0.5) is 24.8 Å². The lowest BCUT2D eigenvalue weighted by Crippen LogP contribution is -2.04. The summed E-state index contributed by atoms with van der Waals surface area (Å²) in [7, 11) is 0. The number of nitrogens with one attached hydrogen (secondary N) is 3. The van der Waals surface area contributed by atoms with E-state index in [1.165, 1.54) is 0 Å². The van der Waals surface area contributed by atoms with Crippen LogP contribution in [0.15, 0.2) is 60.7 Å². The van der Waals surface area contributed by atoms with Gasteiger partial charge in [0.2, 0.25) is 5.95 Å². The minimum absolute atomic E-state index is 0.0957. The molecule has 0 spiro atoms. The monoisotopic (exact) mass is 514 g/mol. The van der Waals surface area contributed by atoms with Gasteiger partial charge in [-0.1, -0.05) is 11.6 Å². The van der Waals surface area contributed by atoms with E-state index in [2.05, 4.69) is 20.3 Å². The number of carbonyl (C=O) groups is 1. The Bertz CT molecular complexity index is 1580. The third kappa shape index (κ3) is 4.80. The first-order valence-electron chi connectivity index (χ1n) is 10.8. The van der Waals surface area contributed by atoms with Crippen molar-refractivity contribution < 1.29 is 27.4 Å². The number of nitrogens with zero attached hydrogens (tertiary/aromatic N) is 1. The molecule has 11 heteroatoms. The van der Waals surface area contributed by atoms with Crippen LogP contribution < -0.4 is 10.1 Å². The van der Waals surface area contributed by atoms with Crippen molar-refractivity contribution in [3.8, 4) is 11.5 Å². The maximum absolute atomic E-state index is 13.0. The van der Waals surface area contributed by atoms with Crippen molar-refractivity contribution in [2.45, 2.75) is 13.1 Å². The first kappa shape index (κ1) is 23.6. The van der Waals surface area contributed by atoms with Crippen molar-refractivity contribution >= 4 is 51.1 Å². The first-order chi connectivity index (χ1) is 17.2. The smallest absolute Gasteiger partial charge is 0.416 e. The molecule has 0 fully saturated rings. The molecule has 0 aliphatic heterocycles. The highest BCUT2D eigenvalue weighted by Crippen LogP contribution is 2.35. The van der Waals surface area contributed by atoms with Gasteiger partial charge in [-0.3, -0.25) is 0 Å². The van der Waals surface area contributed by atoms with Crippen LogP contribution in [0, 0.1) is 0 Å². The van der Waals surface area contributed by atoms with Crippen LogP contribution in [0.3, 0.4) is 0 Å². The van der Waals surface area contributed by atoms with E-state index in [0.717, 1.165) is 23.0 Å². The van der Waals surface area contributed by atoms with Gasteiger partial charge in [-0.25, -0.2) is 9.78 Å². The van der Waals surface area contributed by atoms with Gasteiger partial charge < -0.3 is 24.8 Å². The maximum atomic E-state index is 13.0. The van der Waals surface area contributed by atoms with Crippen molar-refractivity contribution in [3.05, 3.63) is 76.9 Å². The predicted octanol–water partition coefficient (Wildman–Crippen LogP) is 7.43. The Kier molecular flexibility index (Phi) is 5.97. The molecule has 2 heterocycles. The topological polar surface area (TPSA) is 92.0 Å². The van der Waals surface area contributed by atoms with Crippen molar-refractivity contribution in [1.29, 1.82) is 0 Å². The second kappa shape index (κ2) is 9.12. The lowest BCUT2D eigenvalue weighted by atomic mass is 10.2. The molecule has 0 aliphatic carbocycles. The lowest BCUT2D eigenvalue weighted by Gasteiger charge is -2.07. The van der Waals surface area contributed by atoms with Gasteiger partial charge in [-0.15, -0.1) is 0 Å². The van der Waals surface area contributed by atoms with E-state index in [1.807, 2.05) is 0 Å². The number of aromatic nitrogens is 3. The molecule has 36 heavy (non-hydrogen) atoms. The number of H-pyrrole nitrogens is 2. The Balaban J connectivity index is 1.30. The normalized spacial score (nSPS) is 11.7. The van der Waals surface area contributed by atoms with Crippen molar-refractivity contribution in [2.24, 2.45) is 0 Å². The average molecular weight is 515 g/mol. The minimum atomic E-state index is -4.51. The molecule has 7 nitrogen and oxygen atoms in total. The Labute approximate surface area is 207 Å². The number of esters is 1. The largest absolute Gasteiger partial charge is 0.461 e. The van der Waals surface area contributed by atoms with Crippen molar-refractivity contribution in [1.82, 2.24) is 15.0 Å². The molecule has 5 aromatic rings. The van der Waals surface area contributed by atoms with Crippen LogP contribution in [-0.2, 0) is 10.9 Å². The highest BCUT2D eigenvalue weighted by Gasteiger charge is 2.31. The summed E-state index contributed by atoms with van der Waals surface area (Å²) >= 11 is 6.00. The van der Waals surface area contributed by atoms with Crippen molar-refractivity contribution in [2.75, 3.05) is 11.9 Å². The van der Waals surface area contributed by atoms with Crippen LogP contribution >= 0.6 is 11.6 Å². The second-order valence-corrected chi connectivity index (χ2v) is 8.25. The maximum Gasteiger partial charge on any atom is 0.416 e. The van der Waals surface area contributed by atoms with Crippen LogP contribution in [0.1, 0.15) is 23.0 Å². The molecule has 0 saturated carbocycles. The van der Waals surface area contributed by atoms with Gasteiger partial charge in [-0.2, -0.15) is 13.2 Å². The zero-order chi connectivity index (χ0) is 25.4. The summed E-state index contributed by atoms with van der Waals surface area (Å²) in [5.41, 5.74) is 1.32. The molecule has 0 radical (unpaired) electrons. The first-order valence-corrected chi connectivity index (χ1v) is 11.2. The van der Waals surface area contributed by atoms with E-state index in [-0.39, 0.29) is 28.6 Å². The molecule has 2 aromatic heterocycles. The van der Waals surface area contributed by atoms with Gasteiger partial charge in [0.25, 0.3) is 0 Å². The zero-order valence-corrected chi connectivity index (χ0v) is 19.4. The lowest BCUT2D eigenvalue weighted by molar-refractivity contribution is -0.137. The standard InChI is InChI=1S/C25H18ClF3N4O3/c1-2-35-23(34)21-10-13-9-17(7-8-19(13)31-21)36-16-5-3-15(4-6-16)30-24-32-20-12-14(25(27,28)29)11-18(26)22(20)33-24/h3-12,31H,2H2,1H3,(H2,30,32,33). The summed E-state index contributed by atoms with van der Waals surface area (Å²) in [5, 5.41) is 3.71. The number of fused-ring (bicyclic) bond motifs is 2. The van der Waals surface area contributed by atoms with Gasteiger partial charge in [0.05, 0.1) is 22.7 Å². The third-order valence-electron chi connectivity index (χ3n) is 5.31. The van der Waals surface area contributed by atoms with Crippen molar-refractivity contribution in [3.63, 3.8) is 0 Å². The average Bonchev–Trinajstić information content (AvgIpc) is 3.44. The van der Waals surface area contributed by atoms with Gasteiger partial charge >= 0.3 is 12.1 Å². The fraction of sp³-hybridized carbons (Fsp3) is 0.120. The number of ether oxygens (including phenoxy) is 2. The summed E-state index contributed by atoms with van der Waals surface area (Å²) in [6.45, 7) is 2.03. The fourth-order valence-electron chi connectivity index (χ4n) is 3.67. The second-order valence-electron chi connectivity index (χ2n) is 7.84. The Morgan fingerprint density at radius 2 is 1.75 bits per heavy atom. The molecule has 5 rings (SSSR count). The number of aromatic amines is 2. The summed E-state index contributed by atoms with van der Waals surface area (Å²) in [6, 6.07) is 15.8. The van der Waals surface area contributed by atoms with Gasteiger partial charge in [0.1, 0.15) is 22.7 Å². The number of hydrogen-bond donors (Lipinski definition) is 3. The number of anilines is 2. The summed E-state index contributed by atoms with van der Waals surface area (Å²) in [6.07, 6.45) is -4.51. The van der Waals surface area contributed by atoms with E-state index in [1.54, 1.807) is 55.5 Å². The molecule has 0 aliphatic rings. The molecule has 0 bridgehead atoms. The van der Waals surface area contributed by atoms with E-state index in [0.29, 0.717) is 22.9 Å². The number of hydrogen-bond acceptors (Lipinski definition) is 5. The van der Waals surface area contributed by atoms with Crippen LogP contribution in [0.5, 0.6) is 11.5 Å². The number of alkyl halides is 3. The Morgan fingerprint density at radius 3 is 2.47 bits per heavy atom. The van der Waals surface area contributed by atoms with Gasteiger partial charge in [-0.05, 0) is 67.6 Å². The van der Waals surface area contributed by atoms with E-state index < -0.39 is 17.7 Å². The molecule has 3 aromatic carbocycles. The molecule has 184 valence electrons. The van der Waals surface area contributed by atoms with Gasteiger partial charge in [0, 0.05) is 16.6 Å². The zero-order valence-electron chi connectivity index (χ0n) is 18.7. The molecule has 0 saturated heterocycles. The van der Waals surface area contributed by atoms with Gasteiger partial charge in [0.15, 0.2) is 0 Å². The number of carbonyl (C=O) groups excluding carboxylic acids is 1. The molecular formula is C25H18ClF3N4O3. The summed E-state index contributed by atoms with van der Waals surface area (Å²) in [4.78, 5) is 22.0. The van der Waals surface area contributed by atoms with Crippen LogP contribution in [0.25, 0.3) is 21.9 Å². The number of benzene rings is 3.